The van der Waals surface area contributed by atoms with E-state index in [0.717, 1.165) is 48.7 Å². The molecule has 0 radical (unpaired) electrons. The number of nitrogens with zero attached hydrogens (tertiary/aromatic N) is 3. The Labute approximate surface area is 181 Å². The number of amides is 1. The largest absolute Gasteiger partial charge is 0.484 e. The van der Waals surface area contributed by atoms with E-state index in [1.807, 2.05) is 41.4 Å². The molecule has 3 aromatic rings. The van der Waals surface area contributed by atoms with Crippen LogP contribution in [0.2, 0.25) is 0 Å². The fourth-order valence-electron chi connectivity index (χ4n) is 4.78. The first-order valence-electron chi connectivity index (χ1n) is 10.7. The second-order valence-corrected chi connectivity index (χ2v) is 9.78. The summed E-state index contributed by atoms with van der Waals surface area (Å²) in [5.41, 5.74) is 0.134. The summed E-state index contributed by atoms with van der Waals surface area (Å²) in [6.07, 6.45) is 5.38. The van der Waals surface area contributed by atoms with Crippen LogP contribution in [0.15, 0.2) is 48.7 Å². The van der Waals surface area contributed by atoms with E-state index < -0.39 is 0 Å². The van der Waals surface area contributed by atoms with Gasteiger partial charge in [0.15, 0.2) is 6.61 Å². The summed E-state index contributed by atoms with van der Waals surface area (Å²) < 4.78 is 5.86. The van der Waals surface area contributed by atoms with E-state index in [1.165, 1.54) is 23.1 Å². The van der Waals surface area contributed by atoms with Crippen molar-refractivity contribution in [3.05, 3.63) is 58.5 Å². The maximum absolute atomic E-state index is 12.9. The Morgan fingerprint density at radius 3 is 2.80 bits per heavy atom. The molecule has 1 atom stereocenters. The Kier molecular flexibility index (Phi) is 5.21. The Morgan fingerprint density at radius 1 is 1.17 bits per heavy atom. The Morgan fingerprint density at radius 2 is 2.03 bits per heavy atom. The molecule has 2 aliphatic heterocycles. The molecule has 2 aromatic carbocycles. The number of ether oxygens (including phenoxy) is 1. The highest BCUT2D eigenvalue weighted by atomic mass is 32.1. The van der Waals surface area contributed by atoms with Crippen molar-refractivity contribution >= 4 is 28.0 Å². The highest BCUT2D eigenvalue weighted by molar-refractivity contribution is 7.11. The van der Waals surface area contributed by atoms with Crippen molar-refractivity contribution in [1.29, 1.82) is 0 Å². The number of piperidine rings is 1. The zero-order chi connectivity index (χ0) is 20.6. The number of carbonyl (C=O) groups excluding carboxylic acids is 1. The molecule has 0 unspecified atom stereocenters. The monoisotopic (exact) mass is 421 g/mol. The van der Waals surface area contributed by atoms with Crippen molar-refractivity contribution in [2.75, 3.05) is 26.2 Å². The quantitative estimate of drug-likeness (QED) is 0.618. The molecular weight excluding hydrogens is 394 g/mol. The van der Waals surface area contributed by atoms with Crippen LogP contribution in [0.5, 0.6) is 5.75 Å². The maximum atomic E-state index is 12.9. The number of carbonyl (C=O) groups is 1. The number of likely N-dealkylation sites (tertiary alicyclic amines) is 2. The predicted octanol–water partition coefficient (Wildman–Crippen LogP) is 4.25. The molecule has 30 heavy (non-hydrogen) atoms. The maximum Gasteiger partial charge on any atom is 0.260 e. The third kappa shape index (κ3) is 3.82. The van der Waals surface area contributed by atoms with Gasteiger partial charge in [0, 0.05) is 42.8 Å². The lowest BCUT2D eigenvalue weighted by Gasteiger charge is -2.57. The van der Waals surface area contributed by atoms with Gasteiger partial charge in [-0.15, -0.1) is 11.3 Å². The third-order valence-electron chi connectivity index (χ3n) is 6.53. The van der Waals surface area contributed by atoms with Crippen molar-refractivity contribution in [3.8, 4) is 5.75 Å². The van der Waals surface area contributed by atoms with Crippen LogP contribution < -0.4 is 4.74 Å². The standard InChI is InChI=1S/C24H27N3O2S/c1-18-25-14-22(30-18)15-27-12-10-24(27)9-4-11-26(17-24)23(28)16-29-21-8-7-19-5-2-3-6-20(19)13-21/h2-3,5-8,13-14H,4,9-12,15-17H2,1H3/t24-/m0/s1. The molecule has 1 aromatic heterocycles. The van der Waals surface area contributed by atoms with Gasteiger partial charge < -0.3 is 9.64 Å². The number of hydrogen-bond acceptors (Lipinski definition) is 5. The van der Waals surface area contributed by atoms with Gasteiger partial charge in [-0.25, -0.2) is 4.98 Å². The van der Waals surface area contributed by atoms with Crippen molar-refractivity contribution in [1.82, 2.24) is 14.8 Å². The zero-order valence-corrected chi connectivity index (χ0v) is 18.2. The molecule has 2 saturated heterocycles. The predicted molar refractivity (Wildman–Crippen MR) is 120 cm³/mol. The summed E-state index contributed by atoms with van der Waals surface area (Å²) in [6, 6.07) is 14.2. The smallest absolute Gasteiger partial charge is 0.260 e. The average Bonchev–Trinajstić information content (AvgIpc) is 3.20. The lowest BCUT2D eigenvalue weighted by molar-refractivity contribution is -0.142. The Hall–Kier alpha value is -2.44. The molecule has 0 N–H and O–H groups in total. The molecule has 2 fully saturated rings. The van der Waals surface area contributed by atoms with Gasteiger partial charge in [0.2, 0.25) is 0 Å². The number of aryl methyl sites for hydroxylation is 1. The highest BCUT2D eigenvalue weighted by Gasteiger charge is 2.47. The molecule has 2 aliphatic rings. The van der Waals surface area contributed by atoms with Crippen LogP contribution >= 0.6 is 11.3 Å². The van der Waals surface area contributed by atoms with E-state index >= 15 is 0 Å². The van der Waals surface area contributed by atoms with Gasteiger partial charge in [-0.3, -0.25) is 9.69 Å². The van der Waals surface area contributed by atoms with E-state index in [-0.39, 0.29) is 18.1 Å². The number of fused-ring (bicyclic) bond motifs is 1. The second kappa shape index (κ2) is 8.00. The van der Waals surface area contributed by atoms with Crippen LogP contribution in [-0.2, 0) is 11.3 Å². The molecular formula is C24H27N3O2S. The summed E-state index contributed by atoms with van der Waals surface area (Å²) in [5.74, 6) is 0.835. The van der Waals surface area contributed by atoms with Crippen molar-refractivity contribution in [3.63, 3.8) is 0 Å². The number of benzene rings is 2. The first-order valence-corrected chi connectivity index (χ1v) is 11.5. The minimum Gasteiger partial charge on any atom is -0.484 e. The number of hydrogen-bond donors (Lipinski definition) is 0. The minimum atomic E-state index is 0.0859. The van der Waals surface area contributed by atoms with Crippen LogP contribution in [0, 0.1) is 6.92 Å². The van der Waals surface area contributed by atoms with Crippen molar-refractivity contribution < 1.29 is 9.53 Å². The fraction of sp³-hybridized carbons (Fsp3) is 0.417. The van der Waals surface area contributed by atoms with Crippen LogP contribution in [0.4, 0.5) is 0 Å². The molecule has 1 amide bonds. The van der Waals surface area contributed by atoms with E-state index in [1.54, 1.807) is 11.3 Å². The summed E-state index contributed by atoms with van der Waals surface area (Å²) in [7, 11) is 0. The molecule has 3 heterocycles. The summed E-state index contributed by atoms with van der Waals surface area (Å²) in [5, 5.41) is 3.42. The van der Waals surface area contributed by atoms with E-state index in [9.17, 15) is 4.79 Å². The van der Waals surface area contributed by atoms with Gasteiger partial charge >= 0.3 is 0 Å². The number of thiazole rings is 1. The van der Waals surface area contributed by atoms with Gasteiger partial charge in [-0.2, -0.15) is 0 Å². The second-order valence-electron chi connectivity index (χ2n) is 8.46. The summed E-state index contributed by atoms with van der Waals surface area (Å²) in [6.45, 7) is 5.84. The first-order chi connectivity index (χ1) is 14.6. The van der Waals surface area contributed by atoms with E-state index in [4.69, 9.17) is 4.74 Å². The lowest BCUT2D eigenvalue weighted by Crippen LogP contribution is -2.67. The minimum absolute atomic E-state index is 0.0859. The van der Waals surface area contributed by atoms with Gasteiger partial charge in [0.1, 0.15) is 5.75 Å². The van der Waals surface area contributed by atoms with Gasteiger partial charge in [-0.05, 0) is 49.1 Å². The SMILES string of the molecule is Cc1ncc(CN2CC[C@]23CCCN(C(=O)COc2ccc4ccccc4c2)C3)s1. The first kappa shape index (κ1) is 19.5. The molecule has 0 bridgehead atoms. The molecule has 1 spiro atoms. The van der Waals surface area contributed by atoms with Crippen LogP contribution in [-0.4, -0.2) is 52.5 Å². The van der Waals surface area contributed by atoms with Crippen LogP contribution in [0.1, 0.15) is 29.1 Å². The third-order valence-corrected chi connectivity index (χ3v) is 7.42. The van der Waals surface area contributed by atoms with Crippen molar-refractivity contribution in [2.24, 2.45) is 0 Å². The van der Waals surface area contributed by atoms with E-state index in [2.05, 4.69) is 28.9 Å². The number of rotatable bonds is 5. The molecule has 0 saturated carbocycles. The normalized spacial score (nSPS) is 21.7. The molecule has 5 rings (SSSR count). The average molecular weight is 422 g/mol. The van der Waals surface area contributed by atoms with Gasteiger partial charge in [-0.1, -0.05) is 30.3 Å². The van der Waals surface area contributed by atoms with E-state index in [0.29, 0.717) is 0 Å². The Balaban J connectivity index is 1.20. The fourth-order valence-corrected chi connectivity index (χ4v) is 5.59. The zero-order valence-electron chi connectivity index (χ0n) is 17.3. The van der Waals surface area contributed by atoms with Crippen LogP contribution in [0.25, 0.3) is 10.8 Å². The topological polar surface area (TPSA) is 45.7 Å². The molecule has 0 aliphatic carbocycles. The van der Waals surface area contributed by atoms with Gasteiger partial charge in [0.25, 0.3) is 5.91 Å². The lowest BCUT2D eigenvalue weighted by atomic mass is 9.77. The Bertz CT molecular complexity index is 1070. The van der Waals surface area contributed by atoms with Crippen LogP contribution in [0.3, 0.4) is 0 Å². The molecule has 5 nitrogen and oxygen atoms in total. The van der Waals surface area contributed by atoms with Gasteiger partial charge in [0.05, 0.1) is 5.01 Å². The highest BCUT2D eigenvalue weighted by Crippen LogP contribution is 2.40. The number of aromatic nitrogens is 1. The summed E-state index contributed by atoms with van der Waals surface area (Å²) in [4.78, 5) is 23.2. The molecule has 156 valence electrons. The van der Waals surface area contributed by atoms with Crippen molar-refractivity contribution in [2.45, 2.75) is 38.3 Å². The molecule has 6 heteroatoms. The summed E-state index contributed by atoms with van der Waals surface area (Å²) >= 11 is 1.77.